The molecule has 0 radical (unpaired) electrons. The molecule has 120 valence electrons. The van der Waals surface area contributed by atoms with Gasteiger partial charge in [0.15, 0.2) is 0 Å². The smallest absolute Gasteiger partial charge is 0.250 e. The quantitative estimate of drug-likeness (QED) is 0.776. The van der Waals surface area contributed by atoms with Crippen molar-refractivity contribution in [3.8, 4) is 0 Å². The highest BCUT2D eigenvalue weighted by Crippen LogP contribution is 2.56. The molecule has 1 aliphatic carbocycles. The largest absolute Gasteiger partial charge is 0.341 e. The van der Waals surface area contributed by atoms with Crippen LogP contribution in [0.25, 0.3) is 0 Å². The molecule has 8 heteroatoms. The van der Waals surface area contributed by atoms with Crippen LogP contribution in [-0.4, -0.2) is 61.9 Å². The van der Waals surface area contributed by atoms with Crippen LogP contribution >= 0.6 is 0 Å². The van der Waals surface area contributed by atoms with Crippen molar-refractivity contribution in [3.05, 3.63) is 0 Å². The van der Waals surface area contributed by atoms with Gasteiger partial charge in [0.25, 0.3) is 0 Å². The highest BCUT2D eigenvalue weighted by Gasteiger charge is 2.64. The summed E-state index contributed by atoms with van der Waals surface area (Å²) >= 11 is 0. The molecule has 3 fully saturated rings. The van der Waals surface area contributed by atoms with Crippen molar-refractivity contribution in [2.75, 3.05) is 32.4 Å². The normalized spacial score (nSPS) is 29.4. The van der Waals surface area contributed by atoms with Gasteiger partial charge in [0, 0.05) is 44.4 Å². The second kappa shape index (κ2) is 4.16. The second-order valence-corrected chi connectivity index (χ2v) is 9.02. The topological polar surface area (TPSA) is 57.7 Å². The molecule has 0 bridgehead atoms. The van der Waals surface area contributed by atoms with Gasteiger partial charge in [-0.15, -0.1) is 0 Å². The summed E-state index contributed by atoms with van der Waals surface area (Å²) < 4.78 is 50.4. The minimum Gasteiger partial charge on any atom is -0.341 e. The molecule has 0 atom stereocenters. The van der Waals surface area contributed by atoms with E-state index in [4.69, 9.17) is 0 Å². The Morgan fingerprint density at radius 1 is 1.14 bits per heavy atom. The molecule has 5 nitrogen and oxygen atoms in total. The van der Waals surface area contributed by atoms with Crippen LogP contribution in [0.4, 0.5) is 8.78 Å². The van der Waals surface area contributed by atoms with Gasteiger partial charge in [0.1, 0.15) is 0 Å². The number of amides is 1. The lowest BCUT2D eigenvalue weighted by Gasteiger charge is -2.61. The van der Waals surface area contributed by atoms with E-state index >= 15 is 0 Å². The van der Waals surface area contributed by atoms with Gasteiger partial charge in [-0.2, -0.15) is 0 Å². The Morgan fingerprint density at radius 2 is 1.67 bits per heavy atom. The van der Waals surface area contributed by atoms with E-state index in [-0.39, 0.29) is 24.2 Å². The maximum atomic E-state index is 13.1. The summed E-state index contributed by atoms with van der Waals surface area (Å²) in [4.78, 5) is 14.0. The molecular weight excluding hydrogens is 302 g/mol. The Kier molecular flexibility index (Phi) is 3.00. The SMILES string of the molecule is CCC1(C(=O)N2CC3(C2)CN(S(C)(=O)=O)C3)CC(F)(F)C1. The van der Waals surface area contributed by atoms with Crippen LogP contribution in [0, 0.1) is 10.8 Å². The molecule has 0 aromatic carbocycles. The zero-order valence-electron chi connectivity index (χ0n) is 12.2. The summed E-state index contributed by atoms with van der Waals surface area (Å²) in [6, 6.07) is 0. The van der Waals surface area contributed by atoms with E-state index in [1.165, 1.54) is 10.6 Å². The van der Waals surface area contributed by atoms with Crippen LogP contribution in [0.2, 0.25) is 0 Å². The molecule has 1 amide bonds. The predicted octanol–water partition coefficient (Wildman–Crippen LogP) is 0.916. The molecule has 3 aliphatic rings. The molecular formula is C13H20F2N2O3S. The Hall–Kier alpha value is -0.760. The lowest BCUT2D eigenvalue weighted by molar-refractivity contribution is -0.201. The van der Waals surface area contributed by atoms with E-state index in [1.807, 2.05) is 0 Å². The summed E-state index contributed by atoms with van der Waals surface area (Å²) in [5, 5.41) is 0. The summed E-state index contributed by atoms with van der Waals surface area (Å²) in [7, 11) is -3.16. The molecule has 2 aliphatic heterocycles. The van der Waals surface area contributed by atoms with Crippen LogP contribution in [-0.2, 0) is 14.8 Å². The predicted molar refractivity (Wildman–Crippen MR) is 72.3 cm³/mol. The van der Waals surface area contributed by atoms with Crippen molar-refractivity contribution >= 4 is 15.9 Å². The van der Waals surface area contributed by atoms with Crippen molar-refractivity contribution in [2.45, 2.75) is 32.1 Å². The average Bonchev–Trinajstić information content (AvgIpc) is 2.18. The Labute approximate surface area is 123 Å². The van der Waals surface area contributed by atoms with Crippen LogP contribution < -0.4 is 0 Å². The monoisotopic (exact) mass is 322 g/mol. The maximum absolute atomic E-state index is 13.1. The highest BCUT2D eigenvalue weighted by molar-refractivity contribution is 7.88. The Bertz CT molecular complexity index is 568. The molecule has 3 rings (SSSR count). The van der Waals surface area contributed by atoms with E-state index < -0.39 is 21.4 Å². The molecule has 21 heavy (non-hydrogen) atoms. The van der Waals surface area contributed by atoms with Gasteiger partial charge in [0.2, 0.25) is 21.9 Å². The molecule has 1 spiro atoms. The third kappa shape index (κ3) is 2.27. The number of halogens is 2. The molecule has 0 aromatic rings. The van der Waals surface area contributed by atoms with E-state index in [0.29, 0.717) is 32.6 Å². The van der Waals surface area contributed by atoms with E-state index in [0.717, 1.165) is 0 Å². The number of carbonyl (C=O) groups excluding carboxylic acids is 1. The Balaban J connectivity index is 1.57. The van der Waals surface area contributed by atoms with Gasteiger partial charge < -0.3 is 4.90 Å². The summed E-state index contributed by atoms with van der Waals surface area (Å²) in [6.45, 7) is 3.63. The first-order chi connectivity index (χ1) is 9.51. The summed E-state index contributed by atoms with van der Waals surface area (Å²) in [5.74, 6) is -2.89. The van der Waals surface area contributed by atoms with Gasteiger partial charge in [0.05, 0.1) is 11.7 Å². The minimum absolute atomic E-state index is 0.139. The van der Waals surface area contributed by atoms with Gasteiger partial charge >= 0.3 is 0 Å². The minimum atomic E-state index is -3.16. The number of hydrogen-bond acceptors (Lipinski definition) is 3. The average molecular weight is 322 g/mol. The number of sulfonamides is 1. The lowest BCUT2D eigenvalue weighted by Crippen LogP contribution is -2.75. The maximum Gasteiger partial charge on any atom is 0.250 e. The van der Waals surface area contributed by atoms with Crippen molar-refractivity contribution in [1.82, 2.24) is 9.21 Å². The Morgan fingerprint density at radius 3 is 2.05 bits per heavy atom. The number of nitrogens with zero attached hydrogens (tertiary/aromatic N) is 2. The highest BCUT2D eigenvalue weighted by atomic mass is 32.2. The zero-order valence-corrected chi connectivity index (χ0v) is 13.0. The first-order valence-corrected chi connectivity index (χ1v) is 8.98. The van der Waals surface area contributed by atoms with Crippen LogP contribution in [0.1, 0.15) is 26.2 Å². The summed E-state index contributed by atoms with van der Waals surface area (Å²) in [5.41, 5.74) is -1.04. The fourth-order valence-corrected chi connectivity index (χ4v) is 4.89. The molecule has 1 saturated carbocycles. The number of hydrogen-bond donors (Lipinski definition) is 0. The third-order valence-electron chi connectivity index (χ3n) is 5.16. The summed E-state index contributed by atoms with van der Waals surface area (Å²) in [6.07, 6.45) is 0.896. The van der Waals surface area contributed by atoms with E-state index in [9.17, 15) is 22.0 Å². The van der Waals surface area contributed by atoms with Crippen LogP contribution in [0.5, 0.6) is 0 Å². The van der Waals surface area contributed by atoms with Crippen molar-refractivity contribution < 1.29 is 22.0 Å². The lowest BCUT2D eigenvalue weighted by atomic mass is 9.62. The molecule has 0 aromatic heterocycles. The fraction of sp³-hybridized carbons (Fsp3) is 0.923. The number of likely N-dealkylation sites (tertiary alicyclic amines) is 1. The van der Waals surface area contributed by atoms with Gasteiger partial charge in [-0.05, 0) is 6.42 Å². The van der Waals surface area contributed by atoms with Gasteiger partial charge in [-0.25, -0.2) is 21.5 Å². The van der Waals surface area contributed by atoms with E-state index in [1.54, 1.807) is 11.8 Å². The van der Waals surface area contributed by atoms with E-state index in [2.05, 4.69) is 0 Å². The number of carbonyl (C=O) groups is 1. The molecule has 0 unspecified atom stereocenters. The first kappa shape index (κ1) is 15.1. The fourth-order valence-electron chi connectivity index (χ4n) is 3.87. The molecule has 0 N–H and O–H groups in total. The van der Waals surface area contributed by atoms with Gasteiger partial charge in [-0.3, -0.25) is 4.79 Å². The molecule has 2 saturated heterocycles. The van der Waals surface area contributed by atoms with Crippen LogP contribution in [0.15, 0.2) is 0 Å². The molecule has 2 heterocycles. The van der Waals surface area contributed by atoms with Gasteiger partial charge in [-0.1, -0.05) is 6.92 Å². The number of alkyl halides is 2. The first-order valence-electron chi connectivity index (χ1n) is 7.13. The third-order valence-corrected chi connectivity index (χ3v) is 6.35. The van der Waals surface area contributed by atoms with Crippen molar-refractivity contribution in [2.24, 2.45) is 10.8 Å². The second-order valence-electron chi connectivity index (χ2n) is 7.04. The number of rotatable bonds is 3. The standard InChI is InChI=1S/C13H20F2N2O3S/c1-3-12(4-13(14,15)5-12)10(18)16-6-11(7-16)8-17(9-11)21(2,19)20/h3-9H2,1-2H3. The van der Waals surface area contributed by atoms with Crippen molar-refractivity contribution in [1.29, 1.82) is 0 Å². The van der Waals surface area contributed by atoms with Crippen molar-refractivity contribution in [3.63, 3.8) is 0 Å². The van der Waals surface area contributed by atoms with Crippen LogP contribution in [0.3, 0.4) is 0 Å². The zero-order chi connectivity index (χ0) is 15.7.